The van der Waals surface area contributed by atoms with Gasteiger partial charge in [-0.1, -0.05) is 30.3 Å². The van der Waals surface area contributed by atoms with E-state index in [1.54, 1.807) is 7.11 Å². The van der Waals surface area contributed by atoms with E-state index in [0.717, 1.165) is 28.0 Å². The Bertz CT molecular complexity index is 784. The molecule has 0 aliphatic rings. The summed E-state index contributed by atoms with van der Waals surface area (Å²) in [5.74, 6) is 0.827. The zero-order chi connectivity index (χ0) is 15.5. The van der Waals surface area contributed by atoms with E-state index in [2.05, 4.69) is 53.6 Å². The summed E-state index contributed by atoms with van der Waals surface area (Å²) in [5.41, 5.74) is 4.30. The van der Waals surface area contributed by atoms with Gasteiger partial charge in [0.1, 0.15) is 5.75 Å². The van der Waals surface area contributed by atoms with Crippen molar-refractivity contribution in [1.29, 1.82) is 0 Å². The highest BCUT2D eigenvalue weighted by atomic mass is 16.5. The zero-order valence-corrected chi connectivity index (χ0v) is 13.1. The smallest absolute Gasteiger partial charge is 0.121 e. The van der Waals surface area contributed by atoms with Crippen LogP contribution in [0.15, 0.2) is 54.6 Å². The van der Waals surface area contributed by atoms with Crippen LogP contribution in [0.3, 0.4) is 0 Å². The topological polar surface area (TPSA) is 34.1 Å². The van der Waals surface area contributed by atoms with Crippen LogP contribution in [0, 0.1) is 6.92 Å². The lowest BCUT2D eigenvalue weighted by atomic mass is 10.1. The van der Waals surface area contributed by atoms with Gasteiger partial charge in [0.15, 0.2) is 0 Å². The van der Waals surface area contributed by atoms with Crippen LogP contribution < -0.4 is 10.1 Å². The molecule has 22 heavy (non-hydrogen) atoms. The van der Waals surface area contributed by atoms with Crippen LogP contribution in [0.2, 0.25) is 0 Å². The van der Waals surface area contributed by atoms with Gasteiger partial charge < -0.3 is 10.1 Å². The molecule has 1 aromatic heterocycles. The number of anilines is 1. The number of fused-ring (bicyclic) bond motifs is 1. The van der Waals surface area contributed by atoms with E-state index in [9.17, 15) is 0 Å². The SMILES string of the molecule is COc1ccc2c(NC(C)c3ccccc3)cc(C)nc2c1. The van der Waals surface area contributed by atoms with Gasteiger partial charge in [-0.25, -0.2) is 0 Å². The fraction of sp³-hybridized carbons (Fsp3) is 0.211. The molecule has 0 bridgehead atoms. The Morgan fingerprint density at radius 3 is 2.55 bits per heavy atom. The molecule has 0 radical (unpaired) electrons. The van der Waals surface area contributed by atoms with Gasteiger partial charge in [-0.05, 0) is 37.6 Å². The number of nitrogens with zero attached hydrogens (tertiary/aromatic N) is 1. The second-order valence-electron chi connectivity index (χ2n) is 5.47. The minimum absolute atomic E-state index is 0.230. The Kier molecular flexibility index (Phi) is 3.96. The van der Waals surface area contributed by atoms with Gasteiger partial charge in [0.2, 0.25) is 0 Å². The van der Waals surface area contributed by atoms with Crippen molar-refractivity contribution >= 4 is 16.6 Å². The molecule has 0 amide bonds. The molecule has 3 nitrogen and oxygen atoms in total. The Labute approximate surface area is 131 Å². The third-order valence-electron chi connectivity index (χ3n) is 3.82. The maximum absolute atomic E-state index is 5.29. The van der Waals surface area contributed by atoms with E-state index in [1.165, 1.54) is 5.56 Å². The Morgan fingerprint density at radius 2 is 1.82 bits per heavy atom. The van der Waals surface area contributed by atoms with Crippen LogP contribution in [0.4, 0.5) is 5.69 Å². The third kappa shape index (κ3) is 2.89. The number of rotatable bonds is 4. The van der Waals surface area contributed by atoms with Crippen molar-refractivity contribution in [3.05, 3.63) is 65.9 Å². The predicted molar refractivity (Wildman–Crippen MR) is 91.5 cm³/mol. The van der Waals surface area contributed by atoms with Crippen molar-refractivity contribution in [2.45, 2.75) is 19.9 Å². The van der Waals surface area contributed by atoms with Gasteiger partial charge in [-0.3, -0.25) is 4.98 Å². The maximum Gasteiger partial charge on any atom is 0.121 e. The van der Waals surface area contributed by atoms with Crippen molar-refractivity contribution in [3.63, 3.8) is 0 Å². The summed E-state index contributed by atoms with van der Waals surface area (Å²) in [6.45, 7) is 4.18. The minimum Gasteiger partial charge on any atom is -0.497 e. The standard InChI is InChI=1S/C19H20N2O/c1-13-11-18(21-14(2)15-7-5-4-6-8-15)17-10-9-16(22-3)12-19(17)20-13/h4-12,14H,1-3H3,(H,20,21). The summed E-state index contributed by atoms with van der Waals surface area (Å²) in [6.07, 6.45) is 0. The average molecular weight is 292 g/mol. The van der Waals surface area contributed by atoms with Crippen LogP contribution in [0.1, 0.15) is 24.2 Å². The number of aromatic nitrogens is 1. The van der Waals surface area contributed by atoms with Crippen LogP contribution in [0.25, 0.3) is 10.9 Å². The first-order valence-corrected chi connectivity index (χ1v) is 7.44. The molecule has 112 valence electrons. The first-order valence-electron chi connectivity index (χ1n) is 7.44. The normalized spacial score (nSPS) is 12.1. The molecule has 1 N–H and O–H groups in total. The molecule has 3 aromatic rings. The number of methoxy groups -OCH3 is 1. The first kappa shape index (κ1) is 14.4. The van der Waals surface area contributed by atoms with Gasteiger partial charge in [0.05, 0.1) is 12.6 Å². The quantitative estimate of drug-likeness (QED) is 0.755. The first-order chi connectivity index (χ1) is 10.7. The summed E-state index contributed by atoms with van der Waals surface area (Å²) < 4.78 is 5.29. The van der Waals surface area contributed by atoms with E-state index < -0.39 is 0 Å². The highest BCUT2D eigenvalue weighted by Gasteiger charge is 2.09. The van der Waals surface area contributed by atoms with Gasteiger partial charge in [0.25, 0.3) is 0 Å². The largest absolute Gasteiger partial charge is 0.497 e. The molecule has 1 atom stereocenters. The fourth-order valence-electron chi connectivity index (χ4n) is 2.65. The van der Waals surface area contributed by atoms with Crippen LogP contribution in [0.5, 0.6) is 5.75 Å². The molecule has 0 saturated heterocycles. The number of aryl methyl sites for hydroxylation is 1. The second kappa shape index (κ2) is 6.06. The van der Waals surface area contributed by atoms with Crippen molar-refractivity contribution in [1.82, 2.24) is 4.98 Å². The van der Waals surface area contributed by atoms with Crippen LogP contribution in [-0.4, -0.2) is 12.1 Å². The van der Waals surface area contributed by atoms with Crippen molar-refractivity contribution in [2.75, 3.05) is 12.4 Å². The molecule has 2 aromatic carbocycles. The summed E-state index contributed by atoms with van der Waals surface area (Å²) >= 11 is 0. The van der Waals surface area contributed by atoms with E-state index in [4.69, 9.17) is 4.74 Å². The number of nitrogens with one attached hydrogen (secondary N) is 1. The molecule has 1 unspecified atom stereocenters. The van der Waals surface area contributed by atoms with E-state index in [0.29, 0.717) is 0 Å². The Balaban J connectivity index is 1.99. The van der Waals surface area contributed by atoms with E-state index in [-0.39, 0.29) is 6.04 Å². The van der Waals surface area contributed by atoms with Gasteiger partial charge in [0, 0.05) is 28.9 Å². The lowest BCUT2D eigenvalue weighted by Crippen LogP contribution is -2.07. The molecular weight excluding hydrogens is 272 g/mol. The van der Waals surface area contributed by atoms with Crippen molar-refractivity contribution in [2.24, 2.45) is 0 Å². The summed E-state index contributed by atoms with van der Waals surface area (Å²) in [6, 6.07) is 18.8. The van der Waals surface area contributed by atoms with Gasteiger partial charge in [-0.15, -0.1) is 0 Å². The summed E-state index contributed by atoms with van der Waals surface area (Å²) in [7, 11) is 1.67. The predicted octanol–water partition coefficient (Wildman–Crippen LogP) is 4.72. The lowest BCUT2D eigenvalue weighted by Gasteiger charge is -2.18. The van der Waals surface area contributed by atoms with Gasteiger partial charge >= 0.3 is 0 Å². The minimum atomic E-state index is 0.230. The van der Waals surface area contributed by atoms with Crippen LogP contribution in [-0.2, 0) is 0 Å². The molecule has 3 rings (SSSR count). The number of benzene rings is 2. The molecule has 0 fully saturated rings. The van der Waals surface area contributed by atoms with E-state index in [1.807, 2.05) is 25.1 Å². The Morgan fingerprint density at radius 1 is 1.05 bits per heavy atom. The van der Waals surface area contributed by atoms with Crippen LogP contribution >= 0.6 is 0 Å². The highest BCUT2D eigenvalue weighted by molar-refractivity contribution is 5.92. The molecular formula is C19H20N2O. The average Bonchev–Trinajstić information content (AvgIpc) is 2.54. The number of ether oxygens (including phenoxy) is 1. The molecule has 0 spiro atoms. The maximum atomic E-state index is 5.29. The highest BCUT2D eigenvalue weighted by Crippen LogP contribution is 2.29. The molecule has 0 aliphatic heterocycles. The van der Waals surface area contributed by atoms with Gasteiger partial charge in [-0.2, -0.15) is 0 Å². The Hall–Kier alpha value is -2.55. The fourth-order valence-corrected chi connectivity index (χ4v) is 2.65. The van der Waals surface area contributed by atoms with Crippen molar-refractivity contribution < 1.29 is 4.74 Å². The third-order valence-corrected chi connectivity index (χ3v) is 3.82. The number of hydrogen-bond donors (Lipinski definition) is 1. The summed E-state index contributed by atoms with van der Waals surface area (Å²) in [5, 5.41) is 4.70. The van der Waals surface area contributed by atoms with E-state index >= 15 is 0 Å². The number of pyridine rings is 1. The second-order valence-corrected chi connectivity index (χ2v) is 5.47. The van der Waals surface area contributed by atoms with Crippen molar-refractivity contribution in [3.8, 4) is 5.75 Å². The zero-order valence-electron chi connectivity index (χ0n) is 13.1. The lowest BCUT2D eigenvalue weighted by molar-refractivity contribution is 0.415. The molecule has 3 heteroatoms. The molecule has 0 aliphatic carbocycles. The number of hydrogen-bond acceptors (Lipinski definition) is 3. The molecule has 1 heterocycles. The summed E-state index contributed by atoms with van der Waals surface area (Å²) in [4.78, 5) is 4.60. The molecule has 0 saturated carbocycles. The monoisotopic (exact) mass is 292 g/mol.